The first kappa shape index (κ1) is 48.0. The van der Waals surface area contributed by atoms with Gasteiger partial charge in [0.2, 0.25) is 6.34 Å². The first-order valence-electron chi connectivity index (χ1n) is 18.2. The fourth-order valence-electron chi connectivity index (χ4n) is 7.42. The Morgan fingerprint density at radius 3 is 1.44 bits per heavy atom. The predicted octanol–water partition coefficient (Wildman–Crippen LogP) is 9.08. The number of carboxylic acids is 1. The summed E-state index contributed by atoms with van der Waals surface area (Å²) in [6, 6.07) is 16.8. The van der Waals surface area contributed by atoms with Gasteiger partial charge < -0.3 is 22.3 Å². The summed E-state index contributed by atoms with van der Waals surface area (Å²) in [7, 11) is 3.50. The van der Waals surface area contributed by atoms with Crippen molar-refractivity contribution >= 4 is 136 Å². The quantitative estimate of drug-likeness (QED) is 0.123. The molecule has 6 rings (SSSR count). The Labute approximate surface area is 387 Å². The summed E-state index contributed by atoms with van der Waals surface area (Å²) in [5.74, 6) is -0.960. The van der Waals surface area contributed by atoms with Gasteiger partial charge in [-0.15, -0.1) is 9.80 Å². The molecule has 298 valence electrons. The predicted molar refractivity (Wildman–Crippen MR) is 254 cm³/mol. The Balaban J connectivity index is 0.000000336. The van der Waals surface area contributed by atoms with E-state index in [1.54, 1.807) is 0 Å². The van der Waals surface area contributed by atoms with Crippen LogP contribution < -0.4 is 27.3 Å². The zero-order valence-electron chi connectivity index (χ0n) is 33.8. The lowest BCUT2D eigenvalue weighted by atomic mass is 10.1. The van der Waals surface area contributed by atoms with Crippen LogP contribution in [0, 0.1) is 55.4 Å². The molecule has 55 heavy (non-hydrogen) atoms. The molecular formula is C42H50Br4ClIN4O2S. The highest BCUT2D eigenvalue weighted by Crippen LogP contribution is 2.35. The van der Waals surface area contributed by atoms with Crippen LogP contribution in [0.5, 0.6) is 0 Å². The highest BCUT2D eigenvalue weighted by molar-refractivity contribution is 14.2. The molecule has 4 aromatic carbocycles. The average Bonchev–Trinajstić information content (AvgIpc) is 3.72. The van der Waals surface area contributed by atoms with E-state index < -0.39 is 5.97 Å². The third-order valence-electron chi connectivity index (χ3n) is 9.04. The van der Waals surface area contributed by atoms with Gasteiger partial charge in [0.15, 0.2) is 5.97 Å². The molecule has 13 heteroatoms. The number of carboxylic acid groups (broad SMARTS) is 1. The van der Waals surface area contributed by atoms with Crippen molar-refractivity contribution in [2.75, 3.05) is 36.0 Å². The lowest BCUT2D eigenvalue weighted by Gasteiger charge is -2.19. The second-order valence-electron chi connectivity index (χ2n) is 13.5. The highest BCUT2D eigenvalue weighted by atomic mass is 127. The van der Waals surface area contributed by atoms with E-state index in [0.29, 0.717) is 20.0 Å². The first-order chi connectivity index (χ1) is 26.0. The molecule has 0 unspecified atom stereocenters. The van der Waals surface area contributed by atoms with Crippen molar-refractivity contribution in [3.63, 3.8) is 0 Å². The molecule has 0 saturated heterocycles. The van der Waals surface area contributed by atoms with Crippen molar-refractivity contribution in [1.29, 1.82) is 0 Å². The zero-order valence-corrected chi connectivity index (χ0v) is 42.9. The average molecular weight is 1160 g/mol. The molecule has 0 spiro atoms. The van der Waals surface area contributed by atoms with E-state index in [1.807, 2.05) is 89.6 Å². The number of carbonyl (C=O) groups excluding carboxylic acids is 1. The maximum absolute atomic E-state index is 12.1. The number of anilines is 2. The summed E-state index contributed by atoms with van der Waals surface area (Å²) in [6.07, 6.45) is 3.24. The number of halogens is 6. The summed E-state index contributed by atoms with van der Waals surface area (Å²) >= 11 is 16.0. The standard InChI is InChI=1S/C20H20Br2N2O2.C19H21Br2N2.C3H8.ClH.HIS/c1-11-7-15(21)8-12(2)17(11)23-5-6-24(19(23)20(25)26)18-13(3)9-16(22)10-14(18)4;1-12-7-16(20)8-13(2)18(12)22-5-6-23(11-22)19-14(3)9-17(21)10-15(19)4;1-3-2;;1-2/h7-10H,5-6H2,1-4H3;7-11H,5-6H2,1-4H3;3H2,1-2H3;1H;2H/q;+1;;;/p-1/i;;1D;;. The summed E-state index contributed by atoms with van der Waals surface area (Å²) < 4.78 is 15.0. The topological polar surface area (TPSA) is 52.6 Å². The number of aliphatic carboxylic acids is 1. The molecule has 4 aromatic rings. The number of thiol groups is 1. The molecule has 0 fully saturated rings. The van der Waals surface area contributed by atoms with Crippen LogP contribution in [0.2, 0.25) is 0 Å². The summed E-state index contributed by atoms with van der Waals surface area (Å²) in [5, 5.41) is 12.1. The minimum Gasteiger partial charge on any atom is -1.00 e. The number of nitrogens with zero attached hydrogens (tertiary/aromatic N) is 4. The van der Waals surface area contributed by atoms with Crippen LogP contribution in [0.1, 0.15) is 66.1 Å². The normalized spacial score (nSPS) is 13.4. The third-order valence-corrected chi connectivity index (χ3v) is 10.9. The van der Waals surface area contributed by atoms with Crippen LogP contribution in [-0.2, 0) is 4.79 Å². The minimum atomic E-state index is -1.16. The lowest BCUT2D eigenvalue weighted by Crippen LogP contribution is -3.00. The van der Waals surface area contributed by atoms with E-state index in [1.165, 1.54) is 33.6 Å². The second kappa shape index (κ2) is 22.7. The van der Waals surface area contributed by atoms with Gasteiger partial charge in [0, 0.05) is 19.3 Å². The van der Waals surface area contributed by atoms with Crippen molar-refractivity contribution in [1.82, 2.24) is 0 Å². The smallest absolute Gasteiger partial charge is 0.305 e. The van der Waals surface area contributed by atoms with Gasteiger partial charge in [0.25, 0.3) is 0 Å². The number of hydrogen-bond donors (Lipinski definition) is 1. The fraction of sp³-hybridized carbons (Fsp3) is 0.357. The van der Waals surface area contributed by atoms with Crippen molar-refractivity contribution in [3.05, 3.63) is 111 Å². The second-order valence-corrected chi connectivity index (χ2v) is 17.1. The van der Waals surface area contributed by atoms with E-state index in [0.717, 1.165) is 71.0 Å². The molecule has 2 heterocycles. The summed E-state index contributed by atoms with van der Waals surface area (Å²) in [4.78, 5) is 16.3. The van der Waals surface area contributed by atoms with Gasteiger partial charge in [0.1, 0.15) is 48.9 Å². The molecule has 6 nitrogen and oxygen atoms in total. The number of benzene rings is 4. The molecule has 0 amide bonds. The molecule has 0 atom stereocenters. The number of rotatable bonds is 5. The number of aryl methyl sites for hydroxylation is 8. The molecule has 0 aliphatic carbocycles. The molecular weight excluding hydrogens is 1110 g/mol. The summed E-state index contributed by atoms with van der Waals surface area (Å²) in [6.45, 7) is 22.5. The van der Waals surface area contributed by atoms with Crippen LogP contribution >= 0.6 is 94.7 Å². The maximum Gasteiger partial charge on any atom is 0.305 e. The summed E-state index contributed by atoms with van der Waals surface area (Å²) in [5.41, 5.74) is 13.8. The Kier molecular flexibility index (Phi) is 19.8. The molecule has 2 aliphatic rings. The number of hydrogen-bond acceptors (Lipinski definition) is 5. The van der Waals surface area contributed by atoms with Gasteiger partial charge in [-0.2, -0.15) is 0 Å². The molecule has 0 bridgehead atoms. The maximum atomic E-state index is 12.1. The van der Waals surface area contributed by atoms with Crippen molar-refractivity contribution in [2.24, 2.45) is 0 Å². The van der Waals surface area contributed by atoms with E-state index in [4.69, 9.17) is 1.37 Å². The van der Waals surface area contributed by atoms with Crippen LogP contribution in [0.3, 0.4) is 0 Å². The minimum absolute atomic E-state index is 0. The largest absolute Gasteiger partial charge is 1.00 e. The van der Waals surface area contributed by atoms with E-state index in [-0.39, 0.29) is 18.2 Å². The van der Waals surface area contributed by atoms with Crippen molar-refractivity contribution in [3.8, 4) is 0 Å². The Morgan fingerprint density at radius 2 is 1.05 bits per heavy atom. The van der Waals surface area contributed by atoms with Crippen LogP contribution in [0.25, 0.3) is 0 Å². The van der Waals surface area contributed by atoms with E-state index in [9.17, 15) is 9.90 Å². The highest BCUT2D eigenvalue weighted by Gasteiger charge is 2.37. The van der Waals surface area contributed by atoms with Gasteiger partial charge in [-0.25, -0.2) is 19.0 Å². The zero-order chi connectivity index (χ0) is 41.3. The van der Waals surface area contributed by atoms with Crippen LogP contribution in [0.15, 0.2) is 66.4 Å². The van der Waals surface area contributed by atoms with Gasteiger partial charge in [-0.3, -0.25) is 0 Å². The SMILES string of the molecule is Cc1cc(Br)cc(C)c1N1C=[N+](c2c(C)cc(Br)cc2C)CC1.Cc1cc(Br)cc(C)c1N1CC[N+](c2c(C)cc(Br)cc2C)=C1C(=O)[O-].SI.[2H]CCC.[Cl-]. The van der Waals surface area contributed by atoms with Crippen molar-refractivity contribution in [2.45, 2.75) is 75.6 Å². The Hall–Kier alpha value is -1.42. The Morgan fingerprint density at radius 1 is 0.691 bits per heavy atom. The molecule has 0 N–H and O–H groups in total. The van der Waals surface area contributed by atoms with E-state index >= 15 is 0 Å². The molecule has 2 aliphatic heterocycles. The lowest BCUT2D eigenvalue weighted by molar-refractivity contribution is -0.433. The third kappa shape index (κ3) is 12.3. The van der Waals surface area contributed by atoms with Gasteiger partial charge in [-0.1, -0.05) is 84.0 Å². The van der Waals surface area contributed by atoms with Crippen LogP contribution in [-0.4, -0.2) is 53.5 Å². The number of amidine groups is 1. The fourth-order valence-corrected chi connectivity index (χ4v) is 10.2. The molecule has 0 saturated carbocycles. The Bertz CT molecular complexity index is 2020. The molecule has 0 radical (unpaired) electrons. The van der Waals surface area contributed by atoms with Gasteiger partial charge >= 0.3 is 5.84 Å². The van der Waals surface area contributed by atoms with Gasteiger partial charge in [-0.05, 0) is 170 Å². The molecule has 0 aromatic heterocycles. The van der Waals surface area contributed by atoms with Gasteiger partial charge in [0.05, 0.1) is 0 Å². The first-order valence-corrected chi connectivity index (χ1v) is 23.9. The van der Waals surface area contributed by atoms with Crippen molar-refractivity contribution < 1.29 is 32.8 Å². The van der Waals surface area contributed by atoms with Crippen LogP contribution in [0.4, 0.5) is 22.7 Å². The monoisotopic (exact) mass is 1150 g/mol. The van der Waals surface area contributed by atoms with E-state index in [2.05, 4.69) is 141 Å². The number of carbonyl (C=O) groups is 1.